The van der Waals surface area contributed by atoms with E-state index < -0.39 is 5.97 Å². The number of carbonyl (C=O) groups is 1. The summed E-state index contributed by atoms with van der Waals surface area (Å²) in [5, 5.41) is 27.3. The van der Waals surface area contributed by atoms with Gasteiger partial charge >= 0.3 is 5.97 Å². The van der Waals surface area contributed by atoms with Crippen LogP contribution >= 0.6 is 0 Å². The SMILES string of the molecule is N#CC(=Cc1cc2c(cc1O)CCCC2)C(=O)O. The fourth-order valence-corrected chi connectivity index (χ4v) is 2.20. The van der Waals surface area contributed by atoms with Gasteiger partial charge in [-0.25, -0.2) is 4.79 Å². The molecular weight excluding hydrogens is 230 g/mol. The molecule has 92 valence electrons. The molecule has 0 bridgehead atoms. The molecule has 0 fully saturated rings. The second-order valence-corrected chi connectivity index (χ2v) is 4.36. The zero-order chi connectivity index (χ0) is 13.1. The third kappa shape index (κ3) is 2.35. The van der Waals surface area contributed by atoms with Gasteiger partial charge in [0.15, 0.2) is 0 Å². The number of nitrogens with zero attached hydrogens (tertiary/aromatic N) is 1. The van der Waals surface area contributed by atoms with Crippen LogP contribution in [0.3, 0.4) is 0 Å². The van der Waals surface area contributed by atoms with Gasteiger partial charge in [0.05, 0.1) is 0 Å². The van der Waals surface area contributed by atoms with Crippen molar-refractivity contribution < 1.29 is 15.0 Å². The minimum Gasteiger partial charge on any atom is -0.507 e. The van der Waals surface area contributed by atoms with Gasteiger partial charge in [0.2, 0.25) is 0 Å². The summed E-state index contributed by atoms with van der Waals surface area (Å²) < 4.78 is 0. The van der Waals surface area contributed by atoms with Crippen LogP contribution in [0.25, 0.3) is 6.08 Å². The molecule has 0 aromatic heterocycles. The van der Waals surface area contributed by atoms with Gasteiger partial charge in [-0.15, -0.1) is 0 Å². The second kappa shape index (κ2) is 4.92. The molecule has 0 spiro atoms. The zero-order valence-electron chi connectivity index (χ0n) is 9.81. The number of phenolic OH excluding ortho intramolecular Hbond substituents is 1. The van der Waals surface area contributed by atoms with Crippen LogP contribution in [0.2, 0.25) is 0 Å². The fourth-order valence-electron chi connectivity index (χ4n) is 2.20. The largest absolute Gasteiger partial charge is 0.507 e. The van der Waals surface area contributed by atoms with Gasteiger partial charge < -0.3 is 10.2 Å². The van der Waals surface area contributed by atoms with Crippen LogP contribution in [-0.4, -0.2) is 16.2 Å². The third-order valence-corrected chi connectivity index (χ3v) is 3.14. The highest BCUT2D eigenvalue weighted by molar-refractivity contribution is 5.96. The highest BCUT2D eigenvalue weighted by Crippen LogP contribution is 2.29. The number of nitriles is 1. The number of hydrogen-bond donors (Lipinski definition) is 2. The van der Waals surface area contributed by atoms with Crippen molar-refractivity contribution in [3.05, 3.63) is 34.4 Å². The minimum atomic E-state index is -1.28. The molecule has 2 rings (SSSR count). The monoisotopic (exact) mass is 243 g/mol. The molecule has 2 N–H and O–H groups in total. The van der Waals surface area contributed by atoms with Crippen LogP contribution in [0, 0.1) is 11.3 Å². The zero-order valence-corrected chi connectivity index (χ0v) is 9.81. The van der Waals surface area contributed by atoms with Crippen LogP contribution in [0.15, 0.2) is 17.7 Å². The highest BCUT2D eigenvalue weighted by atomic mass is 16.4. The van der Waals surface area contributed by atoms with Gasteiger partial charge in [0.25, 0.3) is 0 Å². The lowest BCUT2D eigenvalue weighted by Gasteiger charge is -2.16. The average Bonchev–Trinajstić information content (AvgIpc) is 2.35. The topological polar surface area (TPSA) is 81.3 Å². The first-order valence-corrected chi connectivity index (χ1v) is 5.81. The van der Waals surface area contributed by atoms with Crippen LogP contribution in [-0.2, 0) is 17.6 Å². The Labute approximate surface area is 105 Å². The number of benzene rings is 1. The third-order valence-electron chi connectivity index (χ3n) is 3.14. The van der Waals surface area contributed by atoms with Crippen LogP contribution in [0.1, 0.15) is 29.5 Å². The molecule has 1 aromatic carbocycles. The first kappa shape index (κ1) is 12.2. The number of hydrogen-bond acceptors (Lipinski definition) is 3. The summed E-state index contributed by atoms with van der Waals surface area (Å²) >= 11 is 0. The van der Waals surface area contributed by atoms with E-state index in [-0.39, 0.29) is 11.3 Å². The van der Waals surface area contributed by atoms with Crippen molar-refractivity contribution in [2.75, 3.05) is 0 Å². The van der Waals surface area contributed by atoms with Crippen molar-refractivity contribution >= 4 is 12.0 Å². The maximum atomic E-state index is 10.8. The van der Waals surface area contributed by atoms with Gasteiger partial charge in [-0.1, -0.05) is 0 Å². The summed E-state index contributed by atoms with van der Waals surface area (Å²) in [7, 11) is 0. The lowest BCUT2D eigenvalue weighted by molar-refractivity contribution is -0.132. The normalized spacial score (nSPS) is 14.7. The lowest BCUT2D eigenvalue weighted by atomic mass is 9.89. The number of rotatable bonds is 2. The molecule has 0 radical (unpaired) electrons. The molecule has 4 heteroatoms. The van der Waals surface area contributed by atoms with Gasteiger partial charge in [-0.3, -0.25) is 0 Å². The predicted molar refractivity (Wildman–Crippen MR) is 66.0 cm³/mol. The van der Waals surface area contributed by atoms with Crippen molar-refractivity contribution in [3.8, 4) is 11.8 Å². The molecule has 4 nitrogen and oxygen atoms in total. The minimum absolute atomic E-state index is 0.0321. The van der Waals surface area contributed by atoms with E-state index >= 15 is 0 Å². The standard InChI is InChI=1S/C14H13NO3/c15-8-12(14(17)18)6-11-5-9-3-1-2-4-10(9)7-13(11)16/h5-7,16H,1-4H2,(H,17,18). The first-order valence-electron chi connectivity index (χ1n) is 5.81. The second-order valence-electron chi connectivity index (χ2n) is 4.36. The Morgan fingerprint density at radius 1 is 1.28 bits per heavy atom. The Kier molecular flexibility index (Phi) is 3.33. The summed E-state index contributed by atoms with van der Waals surface area (Å²) in [5.74, 6) is -1.25. The Hall–Kier alpha value is -2.28. The van der Waals surface area contributed by atoms with Crippen LogP contribution < -0.4 is 0 Å². The lowest BCUT2D eigenvalue weighted by Crippen LogP contribution is -2.03. The number of aryl methyl sites for hydroxylation is 2. The van der Waals surface area contributed by atoms with E-state index in [0.717, 1.165) is 36.8 Å². The Bertz CT molecular complexity index is 567. The Morgan fingerprint density at radius 2 is 1.89 bits per heavy atom. The molecule has 1 aliphatic rings. The van der Waals surface area contributed by atoms with E-state index in [2.05, 4.69) is 0 Å². The number of phenols is 1. The van der Waals surface area contributed by atoms with Gasteiger partial charge in [-0.2, -0.15) is 5.26 Å². The van der Waals surface area contributed by atoms with E-state index in [1.807, 2.05) is 0 Å². The van der Waals surface area contributed by atoms with E-state index in [4.69, 9.17) is 10.4 Å². The molecule has 1 aliphatic carbocycles. The van der Waals surface area contributed by atoms with E-state index in [9.17, 15) is 9.90 Å². The number of aliphatic carboxylic acids is 1. The summed E-state index contributed by atoms with van der Waals surface area (Å²) in [6, 6.07) is 5.07. The quantitative estimate of drug-likeness (QED) is 0.616. The summed E-state index contributed by atoms with van der Waals surface area (Å²) in [5.41, 5.74) is 2.27. The maximum Gasteiger partial charge on any atom is 0.346 e. The molecule has 0 saturated carbocycles. The van der Waals surface area contributed by atoms with Crippen LogP contribution in [0.5, 0.6) is 5.75 Å². The van der Waals surface area contributed by atoms with E-state index in [1.54, 1.807) is 18.2 Å². The number of aromatic hydroxyl groups is 1. The number of fused-ring (bicyclic) bond motifs is 1. The summed E-state index contributed by atoms with van der Waals surface area (Å²) in [4.78, 5) is 10.8. The summed E-state index contributed by atoms with van der Waals surface area (Å²) in [6.07, 6.45) is 5.31. The van der Waals surface area contributed by atoms with Crippen molar-refractivity contribution in [2.45, 2.75) is 25.7 Å². The molecule has 0 aliphatic heterocycles. The Morgan fingerprint density at radius 3 is 2.44 bits per heavy atom. The van der Waals surface area contributed by atoms with Crippen molar-refractivity contribution in [1.82, 2.24) is 0 Å². The van der Waals surface area contributed by atoms with Crippen molar-refractivity contribution in [3.63, 3.8) is 0 Å². The van der Waals surface area contributed by atoms with Gasteiger partial charge in [-0.05, 0) is 55.0 Å². The van der Waals surface area contributed by atoms with Crippen LogP contribution in [0.4, 0.5) is 0 Å². The molecule has 0 atom stereocenters. The molecule has 0 heterocycles. The maximum absolute atomic E-state index is 10.8. The number of carboxylic acids is 1. The molecule has 0 amide bonds. The van der Waals surface area contributed by atoms with E-state index in [1.165, 1.54) is 6.08 Å². The molecule has 0 unspecified atom stereocenters. The fraction of sp³-hybridized carbons (Fsp3) is 0.286. The average molecular weight is 243 g/mol. The van der Waals surface area contributed by atoms with Crippen molar-refractivity contribution in [1.29, 1.82) is 5.26 Å². The van der Waals surface area contributed by atoms with Crippen molar-refractivity contribution in [2.24, 2.45) is 0 Å². The molecule has 0 saturated heterocycles. The van der Waals surface area contributed by atoms with Gasteiger partial charge in [0, 0.05) is 5.56 Å². The molecule has 18 heavy (non-hydrogen) atoms. The van der Waals surface area contributed by atoms with Gasteiger partial charge in [0.1, 0.15) is 17.4 Å². The summed E-state index contributed by atoms with van der Waals surface area (Å²) in [6.45, 7) is 0. The predicted octanol–water partition coefficient (Wildman–Crippen LogP) is 2.26. The van der Waals surface area contributed by atoms with E-state index in [0.29, 0.717) is 5.56 Å². The molecular formula is C14H13NO3. The Balaban J connectivity index is 2.46. The number of carboxylic acid groups (broad SMARTS) is 1. The first-order chi connectivity index (χ1) is 8.61. The smallest absolute Gasteiger partial charge is 0.346 e. The highest BCUT2D eigenvalue weighted by Gasteiger charge is 2.14. The molecule has 1 aromatic rings.